The minimum atomic E-state index is 1.17. The number of aromatic amines is 1. The van der Waals surface area contributed by atoms with Crippen molar-refractivity contribution in [3.8, 4) is 22.3 Å². The molecule has 0 amide bonds. The second kappa shape index (κ2) is 7.81. The van der Waals surface area contributed by atoms with Crippen LogP contribution in [0.3, 0.4) is 0 Å². The monoisotopic (exact) mass is 469 g/mol. The highest BCUT2D eigenvalue weighted by atomic mass is 14.7. The molecule has 0 radical (unpaired) electrons. The molecule has 37 heavy (non-hydrogen) atoms. The van der Waals surface area contributed by atoms with E-state index in [0.29, 0.717) is 0 Å². The van der Waals surface area contributed by atoms with E-state index in [-0.39, 0.29) is 0 Å². The molecule has 0 saturated heterocycles. The summed E-state index contributed by atoms with van der Waals surface area (Å²) in [4.78, 5) is 3.65. The van der Waals surface area contributed by atoms with Crippen LogP contribution in [0.5, 0.6) is 0 Å². The molecular formula is C36H23N. The lowest BCUT2D eigenvalue weighted by molar-refractivity contribution is 1.55. The Labute approximate surface area is 214 Å². The lowest BCUT2D eigenvalue weighted by atomic mass is 9.86. The maximum absolute atomic E-state index is 3.65. The predicted molar refractivity (Wildman–Crippen MR) is 159 cm³/mol. The quantitative estimate of drug-likeness (QED) is 0.242. The average Bonchev–Trinajstić information content (AvgIpc) is 3.31. The van der Waals surface area contributed by atoms with Crippen molar-refractivity contribution in [2.45, 2.75) is 0 Å². The molecule has 0 saturated carbocycles. The van der Waals surface area contributed by atoms with Crippen molar-refractivity contribution in [3.05, 3.63) is 133 Å². The molecule has 1 aromatic heterocycles. The average molecular weight is 470 g/mol. The molecule has 0 aliphatic carbocycles. The molecule has 1 heteroatoms. The first kappa shape index (κ1) is 20.3. The summed E-state index contributed by atoms with van der Waals surface area (Å²) in [5.74, 6) is 0. The van der Waals surface area contributed by atoms with E-state index >= 15 is 0 Å². The zero-order chi connectivity index (χ0) is 24.3. The minimum absolute atomic E-state index is 1.17. The summed E-state index contributed by atoms with van der Waals surface area (Å²) in [5.41, 5.74) is 7.44. The van der Waals surface area contributed by atoms with Gasteiger partial charge in [0.1, 0.15) is 0 Å². The Hall–Kier alpha value is -4.88. The summed E-state index contributed by atoms with van der Waals surface area (Å²) in [6.07, 6.45) is 0. The van der Waals surface area contributed by atoms with Crippen LogP contribution in [-0.2, 0) is 0 Å². The van der Waals surface area contributed by atoms with Crippen molar-refractivity contribution >= 4 is 54.1 Å². The zero-order valence-electron chi connectivity index (χ0n) is 20.2. The maximum atomic E-state index is 3.65. The van der Waals surface area contributed by atoms with E-state index in [1.165, 1.54) is 76.4 Å². The first-order valence-electron chi connectivity index (χ1n) is 12.8. The first-order chi connectivity index (χ1) is 18.3. The van der Waals surface area contributed by atoms with Gasteiger partial charge >= 0.3 is 0 Å². The molecule has 7 aromatic carbocycles. The highest BCUT2D eigenvalue weighted by Crippen LogP contribution is 2.44. The summed E-state index contributed by atoms with van der Waals surface area (Å²) >= 11 is 0. The third-order valence-corrected chi connectivity index (χ3v) is 7.75. The number of hydrogen-bond acceptors (Lipinski definition) is 0. The van der Waals surface area contributed by atoms with E-state index in [1.807, 2.05) is 0 Å². The van der Waals surface area contributed by atoms with Crippen LogP contribution in [0.25, 0.3) is 76.4 Å². The minimum Gasteiger partial charge on any atom is -0.354 e. The summed E-state index contributed by atoms with van der Waals surface area (Å²) in [6, 6.07) is 48.5. The van der Waals surface area contributed by atoms with Gasteiger partial charge in [-0.05, 0) is 78.8 Å². The highest BCUT2D eigenvalue weighted by molar-refractivity contribution is 6.22. The molecule has 0 spiro atoms. The predicted octanol–water partition coefficient (Wildman–Crippen LogP) is 10.1. The van der Waals surface area contributed by atoms with E-state index in [0.717, 1.165) is 0 Å². The van der Waals surface area contributed by atoms with Crippen LogP contribution in [0.4, 0.5) is 0 Å². The van der Waals surface area contributed by atoms with Crippen LogP contribution in [0, 0.1) is 0 Å². The molecule has 8 aromatic rings. The van der Waals surface area contributed by atoms with Crippen LogP contribution in [0.1, 0.15) is 0 Å². The number of H-pyrrole nitrogens is 1. The van der Waals surface area contributed by atoms with Crippen molar-refractivity contribution in [1.82, 2.24) is 4.98 Å². The Kier molecular flexibility index (Phi) is 4.29. The number of fused-ring (bicyclic) bond motifs is 6. The second-order valence-electron chi connectivity index (χ2n) is 9.84. The van der Waals surface area contributed by atoms with Gasteiger partial charge in [0.05, 0.1) is 0 Å². The number of benzene rings is 7. The van der Waals surface area contributed by atoms with E-state index in [9.17, 15) is 0 Å². The Morgan fingerprint density at radius 1 is 0.324 bits per heavy atom. The SMILES string of the molecule is c1ccc(-c2c3ccccc3c(-c3ccc4[nH]c5cc6ccccc6cc5c4c3)c3ccccc23)cc1. The highest BCUT2D eigenvalue weighted by Gasteiger charge is 2.17. The van der Waals surface area contributed by atoms with Gasteiger partial charge in [0.25, 0.3) is 0 Å². The molecule has 8 rings (SSSR count). The van der Waals surface area contributed by atoms with Crippen LogP contribution in [0.2, 0.25) is 0 Å². The fourth-order valence-electron chi connectivity index (χ4n) is 6.10. The molecule has 0 bridgehead atoms. The third kappa shape index (κ3) is 3.04. The van der Waals surface area contributed by atoms with Crippen LogP contribution in [-0.4, -0.2) is 4.98 Å². The van der Waals surface area contributed by atoms with E-state index in [4.69, 9.17) is 0 Å². The topological polar surface area (TPSA) is 15.8 Å². The van der Waals surface area contributed by atoms with Gasteiger partial charge in [0, 0.05) is 21.8 Å². The van der Waals surface area contributed by atoms with Gasteiger partial charge in [-0.15, -0.1) is 0 Å². The second-order valence-corrected chi connectivity index (χ2v) is 9.84. The Morgan fingerprint density at radius 2 is 0.838 bits per heavy atom. The molecule has 1 heterocycles. The zero-order valence-corrected chi connectivity index (χ0v) is 20.2. The van der Waals surface area contributed by atoms with Crippen molar-refractivity contribution in [1.29, 1.82) is 0 Å². The van der Waals surface area contributed by atoms with Crippen LogP contribution < -0.4 is 0 Å². The van der Waals surface area contributed by atoms with Gasteiger partial charge in [0.2, 0.25) is 0 Å². The van der Waals surface area contributed by atoms with Crippen molar-refractivity contribution in [2.24, 2.45) is 0 Å². The fraction of sp³-hybridized carbons (Fsp3) is 0. The smallest absolute Gasteiger partial charge is 0.0471 e. The molecule has 1 nitrogen and oxygen atoms in total. The third-order valence-electron chi connectivity index (χ3n) is 7.75. The van der Waals surface area contributed by atoms with E-state index in [1.54, 1.807) is 0 Å². The van der Waals surface area contributed by atoms with E-state index < -0.39 is 0 Å². The van der Waals surface area contributed by atoms with Gasteiger partial charge in [-0.2, -0.15) is 0 Å². The van der Waals surface area contributed by atoms with Gasteiger partial charge < -0.3 is 4.98 Å². The Morgan fingerprint density at radius 3 is 1.49 bits per heavy atom. The van der Waals surface area contributed by atoms with E-state index in [2.05, 4.69) is 138 Å². The summed E-state index contributed by atoms with van der Waals surface area (Å²) in [6.45, 7) is 0. The van der Waals surface area contributed by atoms with Gasteiger partial charge in [-0.3, -0.25) is 0 Å². The standard InChI is InChI=1S/C36H23N/c1-2-10-23(11-3-1)35-27-14-6-8-16-29(27)36(30-17-9-7-15-28(30)35)26-18-19-33-31(21-26)32-20-24-12-4-5-13-25(24)22-34(32)37-33/h1-22,37H. The first-order valence-corrected chi connectivity index (χ1v) is 12.8. The van der Waals surface area contributed by atoms with Crippen molar-refractivity contribution in [3.63, 3.8) is 0 Å². The Balaban J connectivity index is 1.48. The van der Waals surface area contributed by atoms with Crippen molar-refractivity contribution < 1.29 is 0 Å². The lowest BCUT2D eigenvalue weighted by Crippen LogP contribution is -1.90. The molecule has 0 atom stereocenters. The Bertz CT molecular complexity index is 2070. The number of rotatable bonds is 2. The lowest BCUT2D eigenvalue weighted by Gasteiger charge is -2.17. The number of hydrogen-bond donors (Lipinski definition) is 1. The summed E-state index contributed by atoms with van der Waals surface area (Å²) in [7, 11) is 0. The van der Waals surface area contributed by atoms with Crippen LogP contribution in [0.15, 0.2) is 133 Å². The van der Waals surface area contributed by atoms with Gasteiger partial charge in [-0.1, -0.05) is 109 Å². The molecule has 0 aliphatic rings. The molecule has 0 unspecified atom stereocenters. The normalized spacial score (nSPS) is 11.8. The number of aromatic nitrogens is 1. The molecule has 172 valence electrons. The van der Waals surface area contributed by atoms with Gasteiger partial charge in [-0.25, -0.2) is 0 Å². The molecule has 1 N–H and O–H groups in total. The molecule has 0 aliphatic heterocycles. The number of nitrogens with one attached hydrogen (secondary N) is 1. The van der Waals surface area contributed by atoms with Crippen molar-refractivity contribution in [2.75, 3.05) is 0 Å². The van der Waals surface area contributed by atoms with Gasteiger partial charge in [0.15, 0.2) is 0 Å². The molecule has 0 fully saturated rings. The molecular weight excluding hydrogens is 446 g/mol. The fourth-order valence-corrected chi connectivity index (χ4v) is 6.10. The largest absolute Gasteiger partial charge is 0.354 e. The summed E-state index contributed by atoms with van der Waals surface area (Å²) < 4.78 is 0. The maximum Gasteiger partial charge on any atom is 0.0471 e. The van der Waals surface area contributed by atoms with Crippen LogP contribution >= 0.6 is 0 Å². The summed E-state index contributed by atoms with van der Waals surface area (Å²) in [5, 5.41) is 10.2.